The fourth-order valence-corrected chi connectivity index (χ4v) is 1.65. The summed E-state index contributed by atoms with van der Waals surface area (Å²) >= 11 is 0. The molecule has 1 N–H and O–H groups in total. The monoisotopic (exact) mass is 268 g/mol. The highest BCUT2D eigenvalue weighted by Gasteiger charge is 2.21. The van der Waals surface area contributed by atoms with Gasteiger partial charge in [0.25, 0.3) is 5.91 Å². The van der Waals surface area contributed by atoms with Crippen LogP contribution in [-0.4, -0.2) is 40.1 Å². The number of carboxylic acids is 1. The SMILES string of the molecule is CCCCN(CCCC)C(=O)c1cc(C(=O)O)on1. The first-order valence-corrected chi connectivity index (χ1v) is 6.59. The number of carbonyl (C=O) groups excluding carboxylic acids is 1. The standard InChI is InChI=1S/C13H20N2O4/c1-3-5-7-15(8-6-4-2)12(16)10-9-11(13(17)18)19-14-10/h9H,3-8H2,1-2H3,(H,17,18). The van der Waals surface area contributed by atoms with Crippen LogP contribution in [0.4, 0.5) is 0 Å². The third-order valence-electron chi connectivity index (χ3n) is 2.79. The smallest absolute Gasteiger partial charge is 0.374 e. The molecular weight excluding hydrogens is 248 g/mol. The van der Waals surface area contributed by atoms with Crippen molar-refractivity contribution in [1.82, 2.24) is 10.1 Å². The van der Waals surface area contributed by atoms with Gasteiger partial charge in [0.15, 0.2) is 5.69 Å². The molecule has 0 radical (unpaired) electrons. The topological polar surface area (TPSA) is 83.6 Å². The van der Waals surface area contributed by atoms with E-state index in [1.165, 1.54) is 6.07 Å². The van der Waals surface area contributed by atoms with Crippen LogP contribution in [0.1, 0.15) is 60.6 Å². The van der Waals surface area contributed by atoms with E-state index in [0.717, 1.165) is 25.7 Å². The summed E-state index contributed by atoms with van der Waals surface area (Å²) in [5, 5.41) is 12.3. The molecule has 0 unspecified atom stereocenters. The Balaban J connectivity index is 2.75. The summed E-state index contributed by atoms with van der Waals surface area (Å²) in [4.78, 5) is 24.6. The summed E-state index contributed by atoms with van der Waals surface area (Å²) < 4.78 is 4.61. The van der Waals surface area contributed by atoms with Crippen LogP contribution in [-0.2, 0) is 0 Å². The number of unbranched alkanes of at least 4 members (excludes halogenated alkanes) is 2. The number of carboxylic acid groups (broad SMARTS) is 1. The number of carbonyl (C=O) groups is 2. The lowest BCUT2D eigenvalue weighted by atomic mass is 10.2. The maximum atomic E-state index is 12.2. The number of hydrogen-bond acceptors (Lipinski definition) is 4. The average Bonchev–Trinajstić information content (AvgIpc) is 2.88. The van der Waals surface area contributed by atoms with Crippen LogP contribution in [0.15, 0.2) is 10.6 Å². The van der Waals surface area contributed by atoms with Gasteiger partial charge >= 0.3 is 5.97 Å². The van der Waals surface area contributed by atoms with Crippen LogP contribution in [0.2, 0.25) is 0 Å². The van der Waals surface area contributed by atoms with Crippen LogP contribution in [0.3, 0.4) is 0 Å². The minimum absolute atomic E-state index is 0.0598. The first kappa shape index (κ1) is 15.2. The van der Waals surface area contributed by atoms with Crippen LogP contribution >= 0.6 is 0 Å². The number of rotatable bonds is 8. The molecule has 106 valence electrons. The Morgan fingerprint density at radius 3 is 2.26 bits per heavy atom. The van der Waals surface area contributed by atoms with Gasteiger partial charge in [-0.25, -0.2) is 4.79 Å². The average molecular weight is 268 g/mol. The Morgan fingerprint density at radius 2 is 1.84 bits per heavy atom. The molecule has 0 fully saturated rings. The van der Waals surface area contributed by atoms with E-state index in [9.17, 15) is 9.59 Å². The normalized spacial score (nSPS) is 10.4. The molecule has 0 aromatic carbocycles. The Morgan fingerprint density at radius 1 is 1.26 bits per heavy atom. The molecule has 0 spiro atoms. The van der Waals surface area contributed by atoms with Crippen molar-refractivity contribution < 1.29 is 19.2 Å². The molecule has 19 heavy (non-hydrogen) atoms. The van der Waals surface area contributed by atoms with Crippen molar-refractivity contribution in [3.63, 3.8) is 0 Å². The first-order chi connectivity index (χ1) is 9.10. The molecule has 1 heterocycles. The second-order valence-electron chi connectivity index (χ2n) is 4.38. The zero-order chi connectivity index (χ0) is 14.3. The molecule has 6 heteroatoms. The maximum absolute atomic E-state index is 12.2. The van der Waals surface area contributed by atoms with Gasteiger partial charge in [-0.2, -0.15) is 0 Å². The van der Waals surface area contributed by atoms with Gasteiger partial charge < -0.3 is 14.5 Å². The Kier molecular flexibility index (Phi) is 6.05. The minimum Gasteiger partial charge on any atom is -0.475 e. The molecule has 1 aromatic heterocycles. The molecule has 0 saturated carbocycles. The fourth-order valence-electron chi connectivity index (χ4n) is 1.65. The lowest BCUT2D eigenvalue weighted by molar-refractivity contribution is 0.0648. The van der Waals surface area contributed by atoms with E-state index in [2.05, 4.69) is 23.5 Å². The lowest BCUT2D eigenvalue weighted by Crippen LogP contribution is -2.33. The van der Waals surface area contributed by atoms with Gasteiger partial charge in [-0.3, -0.25) is 4.79 Å². The molecule has 6 nitrogen and oxygen atoms in total. The van der Waals surface area contributed by atoms with Crippen LogP contribution in [0, 0.1) is 0 Å². The fraction of sp³-hybridized carbons (Fsp3) is 0.615. The van der Waals surface area contributed by atoms with Crippen LogP contribution in [0.5, 0.6) is 0 Å². The van der Waals surface area contributed by atoms with Crippen molar-refractivity contribution in [2.24, 2.45) is 0 Å². The third-order valence-corrected chi connectivity index (χ3v) is 2.79. The van der Waals surface area contributed by atoms with E-state index in [4.69, 9.17) is 5.11 Å². The first-order valence-electron chi connectivity index (χ1n) is 6.59. The van der Waals surface area contributed by atoms with Gasteiger partial charge in [0.05, 0.1) is 0 Å². The minimum atomic E-state index is -1.22. The highest BCUT2D eigenvalue weighted by Crippen LogP contribution is 2.09. The second-order valence-corrected chi connectivity index (χ2v) is 4.38. The summed E-state index contributed by atoms with van der Waals surface area (Å²) in [5.74, 6) is -1.80. The summed E-state index contributed by atoms with van der Waals surface area (Å²) in [6.07, 6.45) is 3.82. The number of hydrogen-bond donors (Lipinski definition) is 1. The summed E-state index contributed by atoms with van der Waals surface area (Å²) in [6.45, 7) is 5.43. The predicted molar refractivity (Wildman–Crippen MR) is 69.2 cm³/mol. The van der Waals surface area contributed by atoms with Gasteiger partial charge in [0.2, 0.25) is 5.76 Å². The van der Waals surface area contributed by atoms with E-state index in [1.807, 2.05) is 0 Å². The quantitative estimate of drug-likeness (QED) is 0.782. The summed E-state index contributed by atoms with van der Waals surface area (Å²) in [6, 6.07) is 1.18. The van der Waals surface area contributed by atoms with Gasteiger partial charge in [-0.15, -0.1) is 0 Å². The van der Waals surface area contributed by atoms with Gasteiger partial charge in [-0.1, -0.05) is 31.8 Å². The Hall–Kier alpha value is -1.85. The van der Waals surface area contributed by atoms with E-state index in [1.54, 1.807) is 4.90 Å². The molecule has 0 atom stereocenters. The van der Waals surface area contributed by atoms with E-state index in [0.29, 0.717) is 13.1 Å². The highest BCUT2D eigenvalue weighted by atomic mass is 16.5. The molecular formula is C13H20N2O4. The zero-order valence-corrected chi connectivity index (χ0v) is 11.4. The molecule has 0 aliphatic heterocycles. The van der Waals surface area contributed by atoms with E-state index >= 15 is 0 Å². The zero-order valence-electron chi connectivity index (χ0n) is 11.4. The van der Waals surface area contributed by atoms with E-state index < -0.39 is 5.97 Å². The Bertz CT molecular complexity index is 420. The van der Waals surface area contributed by atoms with Crippen molar-refractivity contribution in [2.45, 2.75) is 39.5 Å². The third kappa shape index (κ3) is 4.39. The van der Waals surface area contributed by atoms with Crippen molar-refractivity contribution in [2.75, 3.05) is 13.1 Å². The van der Waals surface area contributed by atoms with Crippen LogP contribution < -0.4 is 0 Å². The molecule has 0 bridgehead atoms. The van der Waals surface area contributed by atoms with Gasteiger partial charge in [-0.05, 0) is 12.8 Å². The highest BCUT2D eigenvalue weighted by molar-refractivity contribution is 5.94. The molecule has 0 aliphatic carbocycles. The number of amides is 1. The number of aromatic nitrogens is 1. The Labute approximate surface area is 112 Å². The van der Waals surface area contributed by atoms with Crippen molar-refractivity contribution in [3.8, 4) is 0 Å². The molecule has 1 amide bonds. The molecule has 0 aliphatic rings. The number of aromatic carboxylic acids is 1. The molecule has 0 saturated heterocycles. The van der Waals surface area contributed by atoms with Crippen molar-refractivity contribution in [1.29, 1.82) is 0 Å². The van der Waals surface area contributed by atoms with Crippen LogP contribution in [0.25, 0.3) is 0 Å². The van der Waals surface area contributed by atoms with Gasteiger partial charge in [0.1, 0.15) is 0 Å². The van der Waals surface area contributed by atoms with Gasteiger partial charge in [0, 0.05) is 19.2 Å². The maximum Gasteiger partial charge on any atom is 0.374 e. The predicted octanol–water partition coefficient (Wildman–Crippen LogP) is 2.42. The summed E-state index contributed by atoms with van der Waals surface area (Å²) in [7, 11) is 0. The largest absolute Gasteiger partial charge is 0.475 e. The van der Waals surface area contributed by atoms with Crippen molar-refractivity contribution in [3.05, 3.63) is 17.5 Å². The summed E-state index contributed by atoms with van der Waals surface area (Å²) in [5.41, 5.74) is 0.0598. The second kappa shape index (κ2) is 7.56. The molecule has 1 rings (SSSR count). The van der Waals surface area contributed by atoms with Crippen molar-refractivity contribution >= 4 is 11.9 Å². The van der Waals surface area contributed by atoms with E-state index in [-0.39, 0.29) is 17.4 Å². The molecule has 1 aromatic rings. The number of nitrogens with zero attached hydrogens (tertiary/aromatic N) is 2. The lowest BCUT2D eigenvalue weighted by Gasteiger charge is -2.20.